The monoisotopic (exact) mass is 392 g/mol. The van der Waals surface area contributed by atoms with E-state index in [1.54, 1.807) is 19.2 Å². The molecule has 0 bridgehead atoms. The summed E-state index contributed by atoms with van der Waals surface area (Å²) in [6, 6.07) is 17.2. The fourth-order valence-corrected chi connectivity index (χ4v) is 3.44. The number of benzene rings is 2. The zero-order valence-corrected chi connectivity index (χ0v) is 16.4. The number of hydrogen-bond donors (Lipinski definition) is 1. The Labute approximate surface area is 168 Å². The first-order valence-electron chi connectivity index (χ1n) is 9.81. The third-order valence-electron chi connectivity index (χ3n) is 5.23. The molecule has 4 rings (SSSR count). The summed E-state index contributed by atoms with van der Waals surface area (Å²) < 4.78 is 8.15. The molecule has 0 unspecified atom stereocenters. The quantitative estimate of drug-likeness (QED) is 0.669. The van der Waals surface area contributed by atoms with Gasteiger partial charge in [-0.1, -0.05) is 42.5 Å². The van der Waals surface area contributed by atoms with Crippen LogP contribution in [0.25, 0.3) is 5.69 Å². The van der Waals surface area contributed by atoms with Crippen molar-refractivity contribution in [3.8, 4) is 11.4 Å². The van der Waals surface area contributed by atoms with E-state index in [1.807, 2.05) is 42.5 Å². The van der Waals surface area contributed by atoms with Crippen molar-refractivity contribution in [1.82, 2.24) is 19.7 Å². The van der Waals surface area contributed by atoms with Crippen molar-refractivity contribution in [2.75, 3.05) is 7.11 Å². The molecule has 29 heavy (non-hydrogen) atoms. The maximum atomic E-state index is 13.2. The Morgan fingerprint density at radius 3 is 2.55 bits per heavy atom. The second kappa shape index (κ2) is 8.34. The van der Waals surface area contributed by atoms with Crippen LogP contribution in [-0.4, -0.2) is 33.4 Å². The van der Waals surface area contributed by atoms with Gasteiger partial charge in [0.15, 0.2) is 0 Å². The first-order chi connectivity index (χ1) is 14.2. The van der Waals surface area contributed by atoms with E-state index in [0.29, 0.717) is 23.7 Å². The summed E-state index contributed by atoms with van der Waals surface area (Å²) in [5.74, 6) is 0.922. The van der Waals surface area contributed by atoms with Gasteiger partial charge in [0.05, 0.1) is 7.11 Å². The molecular weight excluding hydrogens is 368 g/mol. The predicted molar refractivity (Wildman–Crippen MR) is 109 cm³/mol. The molecule has 1 saturated carbocycles. The van der Waals surface area contributed by atoms with Gasteiger partial charge in [-0.3, -0.25) is 9.36 Å². The van der Waals surface area contributed by atoms with Crippen LogP contribution in [0.5, 0.6) is 5.75 Å². The number of amides is 1. The van der Waals surface area contributed by atoms with Crippen LogP contribution in [-0.2, 0) is 17.8 Å². The molecule has 1 aliphatic rings. The van der Waals surface area contributed by atoms with Gasteiger partial charge in [0, 0.05) is 12.5 Å². The van der Waals surface area contributed by atoms with E-state index in [2.05, 4.69) is 10.4 Å². The molecule has 3 aromatic rings. The van der Waals surface area contributed by atoms with E-state index in [4.69, 9.17) is 4.74 Å². The van der Waals surface area contributed by atoms with Gasteiger partial charge in [0.1, 0.15) is 23.8 Å². The molecule has 0 aliphatic heterocycles. The lowest BCUT2D eigenvalue weighted by atomic mass is 9.93. The van der Waals surface area contributed by atoms with Gasteiger partial charge in [-0.15, -0.1) is 5.10 Å². The number of nitrogens with zero attached hydrogens (tertiary/aromatic N) is 3. The molecule has 7 nitrogen and oxygen atoms in total. The topological polar surface area (TPSA) is 78.2 Å². The Kier molecular flexibility index (Phi) is 5.46. The Morgan fingerprint density at radius 1 is 1.14 bits per heavy atom. The minimum Gasteiger partial charge on any atom is -0.494 e. The molecule has 1 aliphatic carbocycles. The summed E-state index contributed by atoms with van der Waals surface area (Å²) in [5.41, 5.74) is 1.21. The smallest absolute Gasteiger partial charge is 0.351 e. The lowest BCUT2D eigenvalue weighted by Gasteiger charge is -2.26. The minimum atomic E-state index is -0.357. The van der Waals surface area contributed by atoms with Crippen LogP contribution in [0.1, 0.15) is 30.7 Å². The predicted octanol–water partition coefficient (Wildman–Crippen LogP) is 2.30. The Balaban J connectivity index is 1.71. The van der Waals surface area contributed by atoms with Gasteiger partial charge in [0.25, 0.3) is 0 Å². The van der Waals surface area contributed by atoms with Crippen LogP contribution < -0.4 is 15.7 Å². The van der Waals surface area contributed by atoms with E-state index in [-0.39, 0.29) is 24.2 Å². The van der Waals surface area contributed by atoms with Crippen molar-refractivity contribution < 1.29 is 9.53 Å². The van der Waals surface area contributed by atoms with E-state index in [1.165, 1.54) is 9.25 Å². The Morgan fingerprint density at radius 2 is 1.86 bits per heavy atom. The van der Waals surface area contributed by atoms with Gasteiger partial charge in [-0.25, -0.2) is 4.79 Å². The number of aromatic nitrogens is 3. The number of nitrogens with one attached hydrogen (secondary N) is 1. The summed E-state index contributed by atoms with van der Waals surface area (Å²) in [7, 11) is 1.55. The summed E-state index contributed by atoms with van der Waals surface area (Å²) in [4.78, 5) is 25.7. The number of hydrogen-bond acceptors (Lipinski definition) is 4. The highest BCUT2D eigenvalue weighted by atomic mass is 16.5. The van der Waals surface area contributed by atoms with Crippen LogP contribution in [0.3, 0.4) is 0 Å². The van der Waals surface area contributed by atoms with Crippen molar-refractivity contribution in [3.05, 3.63) is 76.5 Å². The third-order valence-corrected chi connectivity index (χ3v) is 5.23. The average Bonchev–Trinajstić information content (AvgIpc) is 3.01. The highest BCUT2D eigenvalue weighted by Gasteiger charge is 2.23. The number of carbonyl (C=O) groups is 1. The van der Waals surface area contributed by atoms with Gasteiger partial charge in [-0.2, -0.15) is 4.68 Å². The first kappa shape index (κ1) is 19.0. The van der Waals surface area contributed by atoms with Crippen molar-refractivity contribution in [2.45, 2.75) is 38.3 Å². The van der Waals surface area contributed by atoms with E-state index in [9.17, 15) is 9.59 Å². The lowest BCUT2D eigenvalue weighted by Crippen LogP contribution is -2.42. The number of para-hydroxylation sites is 2. The number of ether oxygens (including phenoxy) is 1. The molecule has 0 atom stereocenters. The van der Waals surface area contributed by atoms with Gasteiger partial charge in [-0.05, 0) is 37.0 Å². The maximum absolute atomic E-state index is 13.2. The highest BCUT2D eigenvalue weighted by Crippen LogP contribution is 2.21. The van der Waals surface area contributed by atoms with E-state index < -0.39 is 0 Å². The molecule has 0 saturated heterocycles. The van der Waals surface area contributed by atoms with Crippen LogP contribution >= 0.6 is 0 Å². The zero-order valence-electron chi connectivity index (χ0n) is 16.4. The van der Waals surface area contributed by atoms with Crippen LogP contribution in [0.15, 0.2) is 59.4 Å². The van der Waals surface area contributed by atoms with Crippen molar-refractivity contribution in [3.63, 3.8) is 0 Å². The molecule has 1 fully saturated rings. The number of methoxy groups -OCH3 is 1. The minimum absolute atomic E-state index is 0.0490. The molecule has 7 heteroatoms. The molecule has 1 amide bonds. The van der Waals surface area contributed by atoms with Crippen LogP contribution in [0, 0.1) is 0 Å². The van der Waals surface area contributed by atoms with Gasteiger partial charge >= 0.3 is 5.69 Å². The lowest BCUT2D eigenvalue weighted by molar-refractivity contribution is -0.123. The number of carbonyl (C=O) groups excluding carboxylic acids is 1. The van der Waals surface area contributed by atoms with Crippen LogP contribution in [0.2, 0.25) is 0 Å². The van der Waals surface area contributed by atoms with Crippen molar-refractivity contribution in [1.29, 1.82) is 0 Å². The largest absolute Gasteiger partial charge is 0.494 e. The molecule has 2 aromatic carbocycles. The average molecular weight is 392 g/mol. The van der Waals surface area contributed by atoms with Gasteiger partial charge in [0.2, 0.25) is 5.91 Å². The van der Waals surface area contributed by atoms with Crippen molar-refractivity contribution in [2.24, 2.45) is 0 Å². The summed E-state index contributed by atoms with van der Waals surface area (Å²) in [6.45, 7) is -0.0490. The third kappa shape index (κ3) is 4.08. The van der Waals surface area contributed by atoms with E-state index in [0.717, 1.165) is 24.8 Å². The summed E-state index contributed by atoms with van der Waals surface area (Å²) in [5, 5.41) is 7.55. The molecular formula is C22H24N4O3. The second-order valence-corrected chi connectivity index (χ2v) is 7.23. The fourth-order valence-electron chi connectivity index (χ4n) is 3.44. The standard InChI is InChI=1S/C22H24N4O3/c1-29-19-13-6-5-12-18(19)26-22(28)25(15-21(27)23-17-10-7-11-17)20(24-26)14-16-8-3-2-4-9-16/h2-6,8-9,12-13,17H,7,10-11,14-15H2,1H3,(H,23,27). The first-order valence-corrected chi connectivity index (χ1v) is 9.81. The molecule has 0 spiro atoms. The molecule has 150 valence electrons. The number of rotatable bonds is 7. The molecule has 1 N–H and O–H groups in total. The van der Waals surface area contributed by atoms with E-state index >= 15 is 0 Å². The van der Waals surface area contributed by atoms with Crippen LogP contribution in [0.4, 0.5) is 0 Å². The SMILES string of the molecule is COc1ccccc1-n1nc(Cc2ccccc2)n(CC(=O)NC2CCC2)c1=O. The summed E-state index contributed by atoms with van der Waals surface area (Å²) in [6.07, 6.45) is 3.58. The fraction of sp³-hybridized carbons (Fsp3) is 0.318. The van der Waals surface area contributed by atoms with Gasteiger partial charge < -0.3 is 10.1 Å². The normalized spacial score (nSPS) is 13.7. The molecule has 1 aromatic heterocycles. The highest BCUT2D eigenvalue weighted by molar-refractivity contribution is 5.76. The molecule has 0 radical (unpaired) electrons. The van der Waals surface area contributed by atoms with Crippen molar-refractivity contribution >= 4 is 5.91 Å². The maximum Gasteiger partial charge on any atom is 0.351 e. The Bertz CT molecular complexity index is 1050. The summed E-state index contributed by atoms with van der Waals surface area (Å²) >= 11 is 0. The second-order valence-electron chi connectivity index (χ2n) is 7.23. The Hall–Kier alpha value is -3.35. The molecule has 1 heterocycles. The zero-order chi connectivity index (χ0) is 20.2.